The molecule has 3 rings (SSSR count). The first-order chi connectivity index (χ1) is 9.29. The molecule has 1 aliphatic heterocycles. The Morgan fingerprint density at radius 1 is 1.26 bits per heavy atom. The molecule has 1 aromatic rings. The number of hydrogen-bond acceptors (Lipinski definition) is 2. The zero-order valence-electron chi connectivity index (χ0n) is 11.8. The summed E-state index contributed by atoms with van der Waals surface area (Å²) in [5.41, 5.74) is 7.90. The molecule has 0 aromatic heterocycles. The molecule has 2 nitrogen and oxygen atoms in total. The van der Waals surface area contributed by atoms with Gasteiger partial charge in [-0.3, -0.25) is 0 Å². The lowest BCUT2D eigenvalue weighted by molar-refractivity contribution is 0.108. The van der Waals surface area contributed by atoms with Crippen molar-refractivity contribution in [1.29, 1.82) is 0 Å². The van der Waals surface area contributed by atoms with E-state index in [0.29, 0.717) is 5.92 Å². The molecular formula is C17H25NO. The molecule has 4 unspecified atom stereocenters. The molecule has 1 fully saturated rings. The zero-order chi connectivity index (χ0) is 13.2. The van der Waals surface area contributed by atoms with Gasteiger partial charge in [0, 0.05) is 12.5 Å². The fourth-order valence-electron chi connectivity index (χ4n) is 3.95. The molecule has 2 aliphatic rings. The molecule has 4 atom stereocenters. The molecule has 2 N–H and O–H groups in total. The summed E-state index contributed by atoms with van der Waals surface area (Å²) < 4.78 is 6.09. The summed E-state index contributed by atoms with van der Waals surface area (Å²) in [5.74, 6) is 2.50. The van der Waals surface area contributed by atoms with Crippen LogP contribution in [0.25, 0.3) is 0 Å². The highest BCUT2D eigenvalue weighted by Gasteiger charge is 2.36. The third-order valence-electron chi connectivity index (χ3n) is 5.09. The lowest BCUT2D eigenvalue weighted by Crippen LogP contribution is -2.47. The second kappa shape index (κ2) is 5.54. The third-order valence-corrected chi connectivity index (χ3v) is 5.09. The van der Waals surface area contributed by atoms with E-state index in [9.17, 15) is 0 Å². The van der Waals surface area contributed by atoms with Crippen LogP contribution in [0.5, 0.6) is 5.75 Å². The number of nitrogens with two attached hydrogens (primary N) is 1. The average Bonchev–Trinajstić information content (AvgIpc) is 2.90. The summed E-state index contributed by atoms with van der Waals surface area (Å²) in [6, 6.07) is 8.56. The van der Waals surface area contributed by atoms with Crippen molar-refractivity contribution < 1.29 is 4.74 Å². The summed E-state index contributed by atoms with van der Waals surface area (Å²) in [6.07, 6.45) is 7.81. The Labute approximate surface area is 116 Å². The molecule has 0 radical (unpaired) electrons. The normalized spacial score (nSPS) is 31.6. The van der Waals surface area contributed by atoms with Crippen LogP contribution in [0.1, 0.15) is 44.6 Å². The Hall–Kier alpha value is -1.02. The minimum atomic E-state index is 0.189. The monoisotopic (exact) mass is 259 g/mol. The highest BCUT2D eigenvalue weighted by Crippen LogP contribution is 2.38. The number of hydrogen-bond donors (Lipinski definition) is 1. The van der Waals surface area contributed by atoms with Crippen LogP contribution in [0.3, 0.4) is 0 Å². The van der Waals surface area contributed by atoms with E-state index in [1.165, 1.54) is 37.7 Å². The fraction of sp³-hybridized carbons (Fsp3) is 0.647. The largest absolute Gasteiger partial charge is 0.488 e. The van der Waals surface area contributed by atoms with Crippen LogP contribution in [0.15, 0.2) is 24.3 Å². The van der Waals surface area contributed by atoms with E-state index in [2.05, 4.69) is 25.1 Å². The fourth-order valence-corrected chi connectivity index (χ4v) is 3.95. The first kappa shape index (κ1) is 13.0. The van der Waals surface area contributed by atoms with Crippen molar-refractivity contribution in [3.63, 3.8) is 0 Å². The topological polar surface area (TPSA) is 35.2 Å². The van der Waals surface area contributed by atoms with E-state index in [1.54, 1.807) is 0 Å². The molecule has 0 spiro atoms. The van der Waals surface area contributed by atoms with Gasteiger partial charge in [-0.15, -0.1) is 0 Å². The standard InChI is InChI=1S/C17H25NO/c1-2-12-7-3-5-9-14(12)17(18)16-11-13-8-4-6-10-15(13)19-16/h4,6,8,10,12,14,16-17H,2-3,5,7,9,11,18H2,1H3. The van der Waals surface area contributed by atoms with E-state index >= 15 is 0 Å². The first-order valence-corrected chi connectivity index (χ1v) is 7.79. The Morgan fingerprint density at radius 2 is 2.05 bits per heavy atom. The van der Waals surface area contributed by atoms with Crippen LogP contribution in [0, 0.1) is 11.8 Å². The lowest BCUT2D eigenvalue weighted by Gasteiger charge is -2.37. The summed E-state index contributed by atoms with van der Waals surface area (Å²) >= 11 is 0. The molecule has 1 aromatic carbocycles. The highest BCUT2D eigenvalue weighted by atomic mass is 16.5. The van der Waals surface area contributed by atoms with Crippen LogP contribution >= 0.6 is 0 Å². The van der Waals surface area contributed by atoms with Gasteiger partial charge in [-0.05, 0) is 29.9 Å². The maximum Gasteiger partial charge on any atom is 0.123 e. The van der Waals surface area contributed by atoms with Crippen molar-refractivity contribution in [3.05, 3.63) is 29.8 Å². The van der Waals surface area contributed by atoms with Gasteiger partial charge in [0.15, 0.2) is 0 Å². The quantitative estimate of drug-likeness (QED) is 0.901. The van der Waals surface area contributed by atoms with Gasteiger partial charge in [0.25, 0.3) is 0 Å². The smallest absolute Gasteiger partial charge is 0.123 e. The van der Waals surface area contributed by atoms with Crippen molar-refractivity contribution in [3.8, 4) is 5.75 Å². The summed E-state index contributed by atoms with van der Waals surface area (Å²) in [6.45, 7) is 2.31. The maximum atomic E-state index is 6.57. The Balaban J connectivity index is 1.70. The molecular weight excluding hydrogens is 234 g/mol. The molecule has 1 aliphatic carbocycles. The van der Waals surface area contributed by atoms with Gasteiger partial charge >= 0.3 is 0 Å². The van der Waals surface area contributed by atoms with Gasteiger partial charge in [0.05, 0.1) is 0 Å². The van der Waals surface area contributed by atoms with E-state index in [-0.39, 0.29) is 12.1 Å². The predicted molar refractivity (Wildman–Crippen MR) is 78.3 cm³/mol. The molecule has 19 heavy (non-hydrogen) atoms. The van der Waals surface area contributed by atoms with Gasteiger partial charge < -0.3 is 10.5 Å². The Kier molecular flexibility index (Phi) is 3.79. The summed E-state index contributed by atoms with van der Waals surface area (Å²) in [4.78, 5) is 0. The number of benzene rings is 1. The van der Waals surface area contributed by atoms with Crippen LogP contribution < -0.4 is 10.5 Å². The predicted octanol–water partition coefficient (Wildman–Crippen LogP) is 3.53. The average molecular weight is 259 g/mol. The summed E-state index contributed by atoms with van der Waals surface area (Å²) in [7, 11) is 0. The van der Waals surface area contributed by atoms with Gasteiger partial charge in [0.1, 0.15) is 11.9 Å². The van der Waals surface area contributed by atoms with E-state index in [0.717, 1.165) is 18.1 Å². The van der Waals surface area contributed by atoms with Crippen molar-refractivity contribution >= 4 is 0 Å². The minimum absolute atomic E-state index is 0.189. The van der Waals surface area contributed by atoms with Crippen LogP contribution in [0.4, 0.5) is 0 Å². The van der Waals surface area contributed by atoms with Crippen molar-refractivity contribution in [2.45, 2.75) is 57.6 Å². The van der Waals surface area contributed by atoms with Crippen LogP contribution in [-0.4, -0.2) is 12.1 Å². The van der Waals surface area contributed by atoms with Gasteiger partial charge in [-0.25, -0.2) is 0 Å². The van der Waals surface area contributed by atoms with Crippen molar-refractivity contribution in [1.82, 2.24) is 0 Å². The number of fused-ring (bicyclic) bond motifs is 1. The number of ether oxygens (including phenoxy) is 1. The van der Waals surface area contributed by atoms with E-state index in [1.807, 2.05) is 6.07 Å². The molecule has 1 heterocycles. The second-order valence-corrected chi connectivity index (χ2v) is 6.16. The molecule has 1 saturated carbocycles. The van der Waals surface area contributed by atoms with E-state index < -0.39 is 0 Å². The molecule has 0 bridgehead atoms. The first-order valence-electron chi connectivity index (χ1n) is 7.79. The Morgan fingerprint density at radius 3 is 2.84 bits per heavy atom. The second-order valence-electron chi connectivity index (χ2n) is 6.16. The summed E-state index contributed by atoms with van der Waals surface area (Å²) in [5, 5.41) is 0. The number of para-hydroxylation sites is 1. The van der Waals surface area contributed by atoms with E-state index in [4.69, 9.17) is 10.5 Å². The molecule has 104 valence electrons. The third kappa shape index (κ3) is 2.51. The minimum Gasteiger partial charge on any atom is -0.488 e. The van der Waals surface area contributed by atoms with Gasteiger partial charge in [0.2, 0.25) is 0 Å². The number of rotatable bonds is 3. The molecule has 2 heteroatoms. The Bertz CT molecular complexity index is 406. The lowest BCUT2D eigenvalue weighted by atomic mass is 9.72. The van der Waals surface area contributed by atoms with Crippen LogP contribution in [0.2, 0.25) is 0 Å². The maximum absolute atomic E-state index is 6.57. The van der Waals surface area contributed by atoms with Gasteiger partial charge in [-0.1, -0.05) is 50.8 Å². The van der Waals surface area contributed by atoms with Gasteiger partial charge in [-0.2, -0.15) is 0 Å². The molecule has 0 saturated heterocycles. The molecule has 0 amide bonds. The zero-order valence-corrected chi connectivity index (χ0v) is 11.8. The SMILES string of the molecule is CCC1CCCCC1C(N)C1Cc2ccccc2O1. The van der Waals surface area contributed by atoms with Crippen LogP contribution in [-0.2, 0) is 6.42 Å². The van der Waals surface area contributed by atoms with Crippen molar-refractivity contribution in [2.24, 2.45) is 17.6 Å². The van der Waals surface area contributed by atoms with Crippen molar-refractivity contribution in [2.75, 3.05) is 0 Å². The highest BCUT2D eigenvalue weighted by molar-refractivity contribution is 5.37.